The minimum atomic E-state index is 0.649. The highest BCUT2D eigenvalue weighted by atomic mass is 16.5. The Labute approximate surface area is 98.0 Å². The topological polar surface area (TPSA) is 21.3 Å². The van der Waals surface area contributed by atoms with Gasteiger partial charge in [0.05, 0.1) is 6.61 Å². The van der Waals surface area contributed by atoms with Gasteiger partial charge in [0.15, 0.2) is 0 Å². The van der Waals surface area contributed by atoms with Crippen LogP contribution in [0.5, 0.6) is 5.75 Å². The lowest BCUT2D eigenvalue weighted by atomic mass is 10.1. The summed E-state index contributed by atoms with van der Waals surface area (Å²) < 4.78 is 5.49. The first-order valence-electron chi connectivity index (χ1n) is 6.24. The monoisotopic (exact) mass is 219 g/mol. The van der Waals surface area contributed by atoms with E-state index in [1.807, 2.05) is 13.0 Å². The molecule has 1 aromatic carbocycles. The Morgan fingerprint density at radius 3 is 2.94 bits per heavy atom. The Kier molecular flexibility index (Phi) is 3.83. The van der Waals surface area contributed by atoms with Gasteiger partial charge in [-0.1, -0.05) is 12.1 Å². The molecule has 1 N–H and O–H groups in total. The fourth-order valence-corrected chi connectivity index (χ4v) is 1.95. The molecular formula is C14H21NO. The van der Waals surface area contributed by atoms with Gasteiger partial charge in [0, 0.05) is 12.6 Å². The molecule has 0 aliphatic heterocycles. The van der Waals surface area contributed by atoms with Crippen LogP contribution in [-0.4, -0.2) is 12.6 Å². The molecule has 88 valence electrons. The normalized spacial score (nSPS) is 17.1. The van der Waals surface area contributed by atoms with Gasteiger partial charge < -0.3 is 10.1 Å². The van der Waals surface area contributed by atoms with Crippen LogP contribution in [0.1, 0.15) is 32.3 Å². The number of hydrogen-bond donors (Lipinski definition) is 1. The molecule has 16 heavy (non-hydrogen) atoms. The van der Waals surface area contributed by atoms with E-state index in [4.69, 9.17) is 4.74 Å². The van der Waals surface area contributed by atoms with Gasteiger partial charge in [-0.3, -0.25) is 0 Å². The van der Waals surface area contributed by atoms with Crippen LogP contribution in [0.4, 0.5) is 0 Å². The lowest BCUT2D eigenvalue weighted by Gasteiger charge is -2.13. The lowest BCUT2D eigenvalue weighted by molar-refractivity contribution is 0.339. The van der Waals surface area contributed by atoms with Crippen molar-refractivity contribution in [3.63, 3.8) is 0 Å². The second kappa shape index (κ2) is 5.35. The van der Waals surface area contributed by atoms with E-state index >= 15 is 0 Å². The van der Waals surface area contributed by atoms with Gasteiger partial charge in [-0.2, -0.15) is 0 Å². The van der Waals surface area contributed by atoms with Crippen LogP contribution < -0.4 is 10.1 Å². The van der Waals surface area contributed by atoms with Crippen LogP contribution in [0.15, 0.2) is 24.3 Å². The largest absolute Gasteiger partial charge is 0.494 e. The Balaban J connectivity index is 1.85. The van der Waals surface area contributed by atoms with E-state index in [-0.39, 0.29) is 0 Å². The molecular weight excluding hydrogens is 198 g/mol. The van der Waals surface area contributed by atoms with Crippen LogP contribution in [0.2, 0.25) is 0 Å². The van der Waals surface area contributed by atoms with E-state index < -0.39 is 0 Å². The van der Waals surface area contributed by atoms with E-state index in [1.54, 1.807) is 0 Å². The van der Waals surface area contributed by atoms with Crippen molar-refractivity contribution >= 4 is 0 Å². The Morgan fingerprint density at radius 1 is 1.44 bits per heavy atom. The van der Waals surface area contributed by atoms with E-state index in [1.165, 1.54) is 18.4 Å². The minimum absolute atomic E-state index is 0.649. The van der Waals surface area contributed by atoms with Crippen LogP contribution >= 0.6 is 0 Å². The number of hydrogen-bond acceptors (Lipinski definition) is 2. The van der Waals surface area contributed by atoms with Crippen LogP contribution in [0.25, 0.3) is 0 Å². The molecule has 0 heterocycles. The van der Waals surface area contributed by atoms with E-state index in [0.717, 1.165) is 24.8 Å². The summed E-state index contributed by atoms with van der Waals surface area (Å²) in [5.41, 5.74) is 1.30. The van der Waals surface area contributed by atoms with Gasteiger partial charge in [0.25, 0.3) is 0 Å². The smallest absolute Gasteiger partial charge is 0.119 e. The second-order valence-electron chi connectivity index (χ2n) is 4.59. The molecule has 1 aliphatic rings. The summed E-state index contributed by atoms with van der Waals surface area (Å²) in [5.74, 6) is 1.89. The third-order valence-corrected chi connectivity index (χ3v) is 3.17. The molecule has 0 radical (unpaired) electrons. The summed E-state index contributed by atoms with van der Waals surface area (Å²) in [6.07, 6.45) is 2.79. The van der Waals surface area contributed by atoms with Crippen LogP contribution in [0, 0.1) is 5.92 Å². The van der Waals surface area contributed by atoms with Gasteiger partial charge in [-0.15, -0.1) is 0 Å². The minimum Gasteiger partial charge on any atom is -0.494 e. The van der Waals surface area contributed by atoms with Crippen molar-refractivity contribution in [1.82, 2.24) is 5.32 Å². The number of nitrogens with one attached hydrogen (secondary N) is 1. The summed E-state index contributed by atoms with van der Waals surface area (Å²) >= 11 is 0. The van der Waals surface area contributed by atoms with Crippen molar-refractivity contribution in [3.05, 3.63) is 29.8 Å². The quantitative estimate of drug-likeness (QED) is 0.794. The third kappa shape index (κ3) is 3.24. The molecule has 2 heteroatoms. The van der Waals surface area contributed by atoms with Crippen molar-refractivity contribution in [3.8, 4) is 5.75 Å². The Morgan fingerprint density at radius 2 is 2.25 bits per heavy atom. The first kappa shape index (κ1) is 11.5. The van der Waals surface area contributed by atoms with E-state index in [9.17, 15) is 0 Å². The van der Waals surface area contributed by atoms with E-state index in [2.05, 4.69) is 30.4 Å². The van der Waals surface area contributed by atoms with Gasteiger partial charge in [0.2, 0.25) is 0 Å². The lowest BCUT2D eigenvalue weighted by Crippen LogP contribution is -2.27. The third-order valence-electron chi connectivity index (χ3n) is 3.17. The molecule has 2 rings (SSSR count). The fourth-order valence-electron chi connectivity index (χ4n) is 1.95. The molecule has 0 spiro atoms. The summed E-state index contributed by atoms with van der Waals surface area (Å²) in [7, 11) is 0. The van der Waals surface area contributed by atoms with Crippen molar-refractivity contribution in [2.45, 2.75) is 39.3 Å². The Bertz CT molecular complexity index is 333. The van der Waals surface area contributed by atoms with Gasteiger partial charge in [-0.05, 0) is 50.3 Å². The summed E-state index contributed by atoms with van der Waals surface area (Å²) in [6.45, 7) is 5.97. The molecule has 1 unspecified atom stereocenters. The zero-order valence-electron chi connectivity index (χ0n) is 10.2. The first-order chi connectivity index (χ1) is 7.79. The van der Waals surface area contributed by atoms with Crippen LogP contribution in [0.3, 0.4) is 0 Å². The summed E-state index contributed by atoms with van der Waals surface area (Å²) in [6, 6.07) is 8.99. The Hall–Kier alpha value is -1.02. The highest BCUT2D eigenvalue weighted by Crippen LogP contribution is 2.32. The van der Waals surface area contributed by atoms with Crippen molar-refractivity contribution in [2.75, 3.05) is 6.61 Å². The SMILES string of the molecule is CCOc1cccc(CNC(C)C2CC2)c1. The van der Waals surface area contributed by atoms with E-state index in [0.29, 0.717) is 6.04 Å². The number of ether oxygens (including phenoxy) is 1. The molecule has 0 bridgehead atoms. The van der Waals surface area contributed by atoms with Crippen molar-refractivity contribution < 1.29 is 4.74 Å². The average Bonchev–Trinajstić information content (AvgIpc) is 3.11. The molecule has 1 fully saturated rings. The standard InChI is InChI=1S/C14H21NO/c1-3-16-14-6-4-5-12(9-14)10-15-11(2)13-7-8-13/h4-6,9,11,13,15H,3,7-8,10H2,1-2H3. The summed E-state index contributed by atoms with van der Waals surface area (Å²) in [5, 5.41) is 3.57. The molecule has 0 saturated heterocycles. The maximum atomic E-state index is 5.49. The molecule has 1 aromatic rings. The second-order valence-corrected chi connectivity index (χ2v) is 4.59. The zero-order chi connectivity index (χ0) is 11.4. The molecule has 2 nitrogen and oxygen atoms in total. The molecule has 1 saturated carbocycles. The highest BCUT2D eigenvalue weighted by molar-refractivity contribution is 5.28. The fraction of sp³-hybridized carbons (Fsp3) is 0.571. The molecule has 1 atom stereocenters. The molecule has 1 aliphatic carbocycles. The summed E-state index contributed by atoms with van der Waals surface area (Å²) in [4.78, 5) is 0. The van der Waals surface area contributed by atoms with Crippen LogP contribution in [-0.2, 0) is 6.54 Å². The maximum Gasteiger partial charge on any atom is 0.119 e. The van der Waals surface area contributed by atoms with Crippen molar-refractivity contribution in [2.24, 2.45) is 5.92 Å². The average molecular weight is 219 g/mol. The van der Waals surface area contributed by atoms with Gasteiger partial charge in [0.1, 0.15) is 5.75 Å². The predicted octanol–water partition coefficient (Wildman–Crippen LogP) is 2.97. The van der Waals surface area contributed by atoms with Gasteiger partial charge in [-0.25, -0.2) is 0 Å². The van der Waals surface area contributed by atoms with Gasteiger partial charge >= 0.3 is 0 Å². The predicted molar refractivity (Wildman–Crippen MR) is 66.6 cm³/mol. The number of benzene rings is 1. The highest BCUT2D eigenvalue weighted by Gasteiger charge is 2.27. The number of rotatable bonds is 6. The molecule has 0 amide bonds. The zero-order valence-corrected chi connectivity index (χ0v) is 10.2. The molecule has 0 aromatic heterocycles. The first-order valence-corrected chi connectivity index (χ1v) is 6.24. The van der Waals surface area contributed by atoms with Crippen molar-refractivity contribution in [1.29, 1.82) is 0 Å². The maximum absolute atomic E-state index is 5.49.